The largest absolute Gasteiger partial charge is 0.384 e. The average Bonchev–Trinajstić information content (AvgIpc) is 2.46. The highest BCUT2D eigenvalue weighted by Gasteiger charge is 2.09. The van der Waals surface area contributed by atoms with Crippen LogP contribution < -0.4 is 5.32 Å². The molecule has 3 rings (SSSR count). The van der Waals surface area contributed by atoms with Crippen molar-refractivity contribution >= 4 is 41.1 Å². The number of aliphatic hydroxyl groups is 1. The van der Waals surface area contributed by atoms with Crippen LogP contribution in [0, 0.1) is 10.4 Å². The maximum absolute atomic E-state index is 11.1. The van der Waals surface area contributed by atoms with Crippen LogP contribution in [0.3, 0.4) is 0 Å². The molecule has 0 fully saturated rings. The van der Waals surface area contributed by atoms with Crippen LogP contribution in [0.1, 0.15) is 17.3 Å². The first-order chi connectivity index (χ1) is 10.4. The fourth-order valence-corrected chi connectivity index (χ4v) is 2.04. The number of aldehydes is 1. The van der Waals surface area contributed by atoms with Crippen molar-refractivity contribution in [1.82, 2.24) is 0 Å². The minimum atomic E-state index is -1.05. The fourth-order valence-electron chi connectivity index (χ4n) is 1.74. The lowest BCUT2D eigenvalue weighted by molar-refractivity contribution is -0.123. The Morgan fingerprint density at radius 2 is 1.91 bits per heavy atom. The second kappa shape index (κ2) is 6.92. The van der Waals surface area contributed by atoms with E-state index in [0.717, 1.165) is 17.1 Å². The zero-order valence-corrected chi connectivity index (χ0v) is 13.2. The van der Waals surface area contributed by atoms with Crippen LogP contribution in [-0.2, 0) is 4.79 Å². The van der Waals surface area contributed by atoms with Crippen LogP contribution in [0.4, 0.5) is 5.69 Å². The van der Waals surface area contributed by atoms with E-state index in [1.54, 1.807) is 12.1 Å². The van der Waals surface area contributed by atoms with E-state index in [1.807, 2.05) is 18.2 Å². The molecule has 0 aromatic heterocycles. The number of nitrogens with one attached hydrogen (secondary N) is 1. The number of hydrogen-bond acceptors (Lipinski definition) is 3. The third-order valence-electron chi connectivity index (χ3n) is 3.06. The van der Waals surface area contributed by atoms with Gasteiger partial charge in [-0.25, -0.2) is 0 Å². The van der Waals surface area contributed by atoms with E-state index in [1.165, 1.54) is 18.2 Å². The second-order valence-electron chi connectivity index (χ2n) is 4.71. The summed E-state index contributed by atoms with van der Waals surface area (Å²) in [7, 11) is 0. The Bertz CT molecular complexity index is 819. The Morgan fingerprint density at radius 1 is 1.18 bits per heavy atom. The molecule has 4 nitrogen and oxygen atoms in total. The molecule has 0 aliphatic heterocycles. The van der Waals surface area contributed by atoms with Crippen LogP contribution in [0.25, 0.3) is 0 Å². The molecule has 114 valence electrons. The highest BCUT2D eigenvalue weighted by Crippen LogP contribution is 2.24. The molecule has 0 saturated carbocycles. The van der Waals surface area contributed by atoms with Crippen LogP contribution in [0.15, 0.2) is 36.4 Å². The number of rotatable bonds is 3. The van der Waals surface area contributed by atoms with E-state index in [0.29, 0.717) is 15.7 Å². The summed E-state index contributed by atoms with van der Waals surface area (Å²) >= 11 is 11.4. The zero-order valence-electron chi connectivity index (χ0n) is 11.6. The van der Waals surface area contributed by atoms with Crippen molar-refractivity contribution in [1.29, 1.82) is 0 Å². The predicted molar refractivity (Wildman–Crippen MR) is 86.3 cm³/mol. The third-order valence-corrected chi connectivity index (χ3v) is 3.80. The molecule has 0 spiro atoms. The molecule has 1 atom stereocenters. The zero-order chi connectivity index (χ0) is 16.3. The molecule has 0 saturated heterocycles. The van der Waals surface area contributed by atoms with Gasteiger partial charge in [0.25, 0.3) is 5.91 Å². The topological polar surface area (TPSA) is 66.4 Å². The number of benzene rings is 2. The Kier molecular flexibility index (Phi) is 5.19. The van der Waals surface area contributed by atoms with Gasteiger partial charge < -0.3 is 10.4 Å². The van der Waals surface area contributed by atoms with Gasteiger partial charge in [-0.1, -0.05) is 35.3 Å². The van der Waals surface area contributed by atoms with E-state index in [9.17, 15) is 9.59 Å². The highest BCUT2D eigenvalue weighted by atomic mass is 35.5. The average molecular weight is 338 g/mol. The summed E-state index contributed by atoms with van der Waals surface area (Å²) in [6.07, 6.45) is -0.160. The van der Waals surface area contributed by atoms with Crippen LogP contribution >= 0.6 is 23.2 Å². The lowest BCUT2D eigenvalue weighted by atomic mass is 10.0. The number of halogens is 2. The summed E-state index contributed by atoms with van der Waals surface area (Å²) in [6.45, 7) is 1.38. The van der Waals surface area contributed by atoms with E-state index in [4.69, 9.17) is 28.3 Å². The van der Waals surface area contributed by atoms with Gasteiger partial charge in [0.15, 0.2) is 6.29 Å². The standard InChI is InChI=1S/C9H9Cl2NO2.C7H4O/c1-5(13)9(14)12-6-2-3-7(10)8(11)4-6;8-4-6-3-5-1-2-7(5)6/h2-5,13H,1H3,(H,12,14);1-4H. The minimum absolute atomic E-state index is 0.357. The molecule has 22 heavy (non-hydrogen) atoms. The van der Waals surface area contributed by atoms with Crippen molar-refractivity contribution in [3.8, 4) is 0 Å². The van der Waals surface area contributed by atoms with E-state index >= 15 is 0 Å². The summed E-state index contributed by atoms with van der Waals surface area (Å²) < 4.78 is 0. The first-order valence-corrected chi connectivity index (χ1v) is 7.21. The molecule has 1 aromatic rings. The van der Waals surface area contributed by atoms with E-state index < -0.39 is 12.0 Å². The van der Waals surface area contributed by atoms with Gasteiger partial charge in [0.2, 0.25) is 0 Å². The number of aliphatic hydroxyl groups excluding tert-OH is 1. The molecule has 1 unspecified atom stereocenters. The highest BCUT2D eigenvalue weighted by molar-refractivity contribution is 6.42. The maximum atomic E-state index is 11.1. The van der Waals surface area contributed by atoms with Gasteiger partial charge in [-0.3, -0.25) is 9.59 Å². The second-order valence-corrected chi connectivity index (χ2v) is 5.53. The SMILES string of the molecule is CC(O)C(=O)Nc1ccc(Cl)c(Cl)c1.O=Cc1cc2ccc1=2. The molecule has 1 amide bonds. The van der Waals surface area contributed by atoms with E-state index in [-0.39, 0.29) is 0 Å². The van der Waals surface area contributed by atoms with Gasteiger partial charge in [0.05, 0.1) is 10.0 Å². The van der Waals surface area contributed by atoms with Crippen LogP contribution in [0.5, 0.6) is 0 Å². The van der Waals surface area contributed by atoms with Crippen molar-refractivity contribution < 1.29 is 14.7 Å². The molecule has 0 bridgehead atoms. The first-order valence-electron chi connectivity index (χ1n) is 6.46. The monoisotopic (exact) mass is 337 g/mol. The summed E-state index contributed by atoms with van der Waals surface area (Å²) in [5, 5.41) is 14.6. The summed E-state index contributed by atoms with van der Waals surface area (Å²) in [5.74, 6) is -0.483. The van der Waals surface area contributed by atoms with Crippen molar-refractivity contribution in [2.24, 2.45) is 0 Å². The number of amides is 1. The van der Waals surface area contributed by atoms with Crippen molar-refractivity contribution in [3.05, 3.63) is 62.4 Å². The predicted octanol–water partition coefficient (Wildman–Crippen LogP) is 3.41. The van der Waals surface area contributed by atoms with Crippen LogP contribution in [0.2, 0.25) is 10.0 Å². The lowest BCUT2D eigenvalue weighted by Gasteiger charge is -2.07. The normalized spacial score (nSPS) is 11.8. The molecular formula is C16H13Cl2NO3. The van der Waals surface area contributed by atoms with Crippen molar-refractivity contribution in [3.63, 3.8) is 0 Å². The molecule has 2 aliphatic rings. The molecule has 0 heterocycles. The number of carbonyl (C=O) groups is 2. The van der Waals surface area contributed by atoms with Gasteiger partial charge in [-0.05, 0) is 41.6 Å². The molecule has 2 N–H and O–H groups in total. The van der Waals surface area contributed by atoms with Gasteiger partial charge in [-0.15, -0.1) is 0 Å². The quantitative estimate of drug-likeness (QED) is 0.719. The summed E-state index contributed by atoms with van der Waals surface area (Å²) in [5.41, 5.74) is 1.35. The third kappa shape index (κ3) is 3.65. The van der Waals surface area contributed by atoms with E-state index in [2.05, 4.69) is 5.32 Å². The van der Waals surface area contributed by atoms with Gasteiger partial charge in [0, 0.05) is 11.3 Å². The molecule has 0 radical (unpaired) electrons. The number of anilines is 1. The smallest absolute Gasteiger partial charge is 0.252 e. The van der Waals surface area contributed by atoms with Crippen molar-refractivity contribution in [2.45, 2.75) is 13.0 Å². The minimum Gasteiger partial charge on any atom is -0.384 e. The molecule has 2 aliphatic carbocycles. The van der Waals surface area contributed by atoms with Gasteiger partial charge >= 0.3 is 0 Å². The van der Waals surface area contributed by atoms with Gasteiger partial charge in [0.1, 0.15) is 6.10 Å². The lowest BCUT2D eigenvalue weighted by Crippen LogP contribution is -2.24. The Hall–Kier alpha value is -1.88. The number of hydrogen-bond donors (Lipinski definition) is 2. The van der Waals surface area contributed by atoms with Crippen molar-refractivity contribution in [2.75, 3.05) is 5.32 Å². The molecular weight excluding hydrogens is 325 g/mol. The maximum Gasteiger partial charge on any atom is 0.252 e. The fraction of sp³-hybridized carbons (Fsp3) is 0.125. The molecule has 1 aromatic carbocycles. The Morgan fingerprint density at radius 3 is 2.27 bits per heavy atom. The Labute approximate surface area is 137 Å². The van der Waals surface area contributed by atoms with Gasteiger partial charge in [-0.2, -0.15) is 0 Å². The summed E-state index contributed by atoms with van der Waals surface area (Å²) in [6, 6.07) is 10.5. The Balaban J connectivity index is 0.000000183. The van der Waals surface area contributed by atoms with Crippen LogP contribution in [-0.4, -0.2) is 23.4 Å². The number of carbonyl (C=O) groups excluding carboxylic acids is 2. The molecule has 6 heteroatoms. The summed E-state index contributed by atoms with van der Waals surface area (Å²) in [4.78, 5) is 21.1. The first kappa shape index (κ1) is 16.5.